The number of hydrogen-bond donors (Lipinski definition) is 2. The molecule has 0 bridgehead atoms. The molecule has 6 nitrogen and oxygen atoms in total. The number of nitrogens with two attached hydrogens (primary N) is 2. The van der Waals surface area contributed by atoms with E-state index in [1.54, 1.807) is 0 Å². The first kappa shape index (κ1) is 13.1. The van der Waals surface area contributed by atoms with E-state index < -0.39 is 0 Å². The zero-order valence-electron chi connectivity index (χ0n) is 11.6. The monoisotopic (exact) mass is 281 g/mol. The molecular weight excluding hydrogens is 266 g/mol. The van der Waals surface area contributed by atoms with E-state index in [-0.39, 0.29) is 11.8 Å². The predicted octanol–water partition coefficient (Wildman–Crippen LogP) is 2.25. The highest BCUT2D eigenvalue weighted by Gasteiger charge is 2.16. The number of anilines is 2. The number of benzene rings is 2. The third kappa shape index (κ3) is 2.31. The molecule has 0 spiro atoms. The van der Waals surface area contributed by atoms with Crippen molar-refractivity contribution in [2.24, 2.45) is 0 Å². The van der Waals surface area contributed by atoms with E-state index >= 15 is 0 Å². The smallest absolute Gasteiger partial charge is 0.242 e. The van der Waals surface area contributed by atoms with Crippen LogP contribution in [-0.2, 0) is 0 Å². The minimum Gasteiger partial charge on any atom is -0.493 e. The summed E-state index contributed by atoms with van der Waals surface area (Å²) in [5.74, 6) is 0.984. The molecule has 0 atom stereocenters. The molecule has 3 rings (SSSR count). The highest BCUT2D eigenvalue weighted by Crippen LogP contribution is 2.37. The lowest BCUT2D eigenvalue weighted by molar-refractivity contribution is 0.342. The highest BCUT2D eigenvalue weighted by atomic mass is 16.5. The van der Waals surface area contributed by atoms with Gasteiger partial charge in [0, 0.05) is 0 Å². The Kier molecular flexibility index (Phi) is 3.27. The molecule has 0 unspecified atom stereocenters. The van der Waals surface area contributed by atoms with Gasteiger partial charge in [0.2, 0.25) is 5.95 Å². The average molecular weight is 281 g/mol. The molecule has 0 radical (unpaired) electrons. The van der Waals surface area contributed by atoms with Crippen molar-refractivity contribution in [2.75, 3.05) is 18.1 Å². The maximum Gasteiger partial charge on any atom is 0.242 e. The Labute approximate surface area is 121 Å². The molecule has 0 aliphatic carbocycles. The number of ether oxygens (including phenoxy) is 1. The van der Waals surface area contributed by atoms with Crippen molar-refractivity contribution >= 4 is 22.5 Å². The molecule has 21 heavy (non-hydrogen) atoms. The number of nitrogen functional groups attached to an aromatic ring is 2. The maximum atomic E-state index is 5.96. The van der Waals surface area contributed by atoms with E-state index in [2.05, 4.69) is 15.2 Å². The fourth-order valence-corrected chi connectivity index (χ4v) is 2.30. The molecule has 0 amide bonds. The van der Waals surface area contributed by atoms with Gasteiger partial charge in [0.15, 0.2) is 5.82 Å². The van der Waals surface area contributed by atoms with E-state index in [1.807, 2.05) is 43.3 Å². The molecule has 0 saturated carbocycles. The largest absolute Gasteiger partial charge is 0.493 e. The number of rotatable bonds is 3. The first-order valence-electron chi connectivity index (χ1n) is 6.61. The topological polar surface area (TPSA) is 99.9 Å². The molecule has 1 heterocycles. The maximum absolute atomic E-state index is 5.96. The molecule has 3 aromatic rings. The van der Waals surface area contributed by atoms with Crippen molar-refractivity contribution in [1.82, 2.24) is 15.2 Å². The van der Waals surface area contributed by atoms with Gasteiger partial charge in [-0.1, -0.05) is 30.3 Å². The third-order valence-electron chi connectivity index (χ3n) is 3.16. The van der Waals surface area contributed by atoms with Crippen LogP contribution in [0.4, 0.5) is 11.8 Å². The van der Waals surface area contributed by atoms with Crippen LogP contribution in [0.5, 0.6) is 5.75 Å². The second-order valence-corrected chi connectivity index (χ2v) is 4.50. The highest BCUT2D eigenvalue weighted by molar-refractivity contribution is 6.00. The van der Waals surface area contributed by atoms with Crippen LogP contribution in [0.15, 0.2) is 36.4 Å². The zero-order chi connectivity index (χ0) is 14.8. The minimum absolute atomic E-state index is 0.0504. The van der Waals surface area contributed by atoms with Gasteiger partial charge in [0.25, 0.3) is 0 Å². The summed E-state index contributed by atoms with van der Waals surface area (Å²) in [6.45, 7) is 2.47. The van der Waals surface area contributed by atoms with E-state index in [1.165, 1.54) is 0 Å². The quantitative estimate of drug-likeness (QED) is 0.763. The van der Waals surface area contributed by atoms with E-state index in [9.17, 15) is 0 Å². The van der Waals surface area contributed by atoms with Gasteiger partial charge in [-0.3, -0.25) is 0 Å². The average Bonchev–Trinajstić information content (AvgIpc) is 2.48. The third-order valence-corrected chi connectivity index (χ3v) is 3.16. The van der Waals surface area contributed by atoms with Crippen molar-refractivity contribution in [3.05, 3.63) is 36.4 Å². The Morgan fingerprint density at radius 2 is 1.86 bits per heavy atom. The molecule has 106 valence electrons. The molecule has 4 N–H and O–H groups in total. The van der Waals surface area contributed by atoms with Gasteiger partial charge in [0.1, 0.15) is 11.4 Å². The summed E-state index contributed by atoms with van der Waals surface area (Å²) in [4.78, 5) is 3.98. The van der Waals surface area contributed by atoms with Crippen LogP contribution in [0.1, 0.15) is 6.92 Å². The Bertz CT molecular complexity index is 803. The van der Waals surface area contributed by atoms with Gasteiger partial charge in [-0.2, -0.15) is 4.98 Å². The number of hydrogen-bond acceptors (Lipinski definition) is 6. The lowest BCUT2D eigenvalue weighted by atomic mass is 10.0. The number of nitrogens with zero attached hydrogens (tertiary/aromatic N) is 3. The molecule has 0 aliphatic rings. The normalized spacial score (nSPS) is 10.7. The summed E-state index contributed by atoms with van der Waals surface area (Å²) < 4.78 is 5.70. The lowest BCUT2D eigenvalue weighted by Crippen LogP contribution is -2.05. The van der Waals surface area contributed by atoms with Gasteiger partial charge >= 0.3 is 0 Å². The fourth-order valence-electron chi connectivity index (χ4n) is 2.30. The molecule has 0 saturated heterocycles. The van der Waals surface area contributed by atoms with Crippen molar-refractivity contribution in [1.29, 1.82) is 0 Å². The predicted molar refractivity (Wildman–Crippen MR) is 82.8 cm³/mol. The van der Waals surface area contributed by atoms with Gasteiger partial charge in [-0.05, 0) is 23.8 Å². The van der Waals surface area contributed by atoms with Crippen LogP contribution < -0.4 is 16.2 Å². The van der Waals surface area contributed by atoms with E-state index in [4.69, 9.17) is 16.2 Å². The Morgan fingerprint density at radius 3 is 2.62 bits per heavy atom. The molecule has 2 aromatic carbocycles. The van der Waals surface area contributed by atoms with Crippen LogP contribution >= 0.6 is 0 Å². The fraction of sp³-hybridized carbons (Fsp3) is 0.133. The number of fused-ring (bicyclic) bond motifs is 1. The summed E-state index contributed by atoms with van der Waals surface area (Å²) in [7, 11) is 0. The van der Waals surface area contributed by atoms with Gasteiger partial charge < -0.3 is 16.2 Å². The van der Waals surface area contributed by atoms with Crippen LogP contribution in [0.25, 0.3) is 22.0 Å². The Morgan fingerprint density at radius 1 is 1.05 bits per heavy atom. The van der Waals surface area contributed by atoms with Crippen LogP contribution in [0.2, 0.25) is 0 Å². The van der Waals surface area contributed by atoms with Crippen LogP contribution in [0, 0.1) is 0 Å². The van der Waals surface area contributed by atoms with E-state index in [0.29, 0.717) is 18.1 Å². The Balaban J connectivity index is 2.34. The first-order chi connectivity index (χ1) is 10.2. The molecule has 0 fully saturated rings. The summed E-state index contributed by atoms with van der Waals surface area (Å²) >= 11 is 0. The first-order valence-corrected chi connectivity index (χ1v) is 6.61. The molecular formula is C15H15N5O. The SMILES string of the molecule is CCOc1ccc2ccccc2c1-c1nnc(N)nc1N. The summed E-state index contributed by atoms with van der Waals surface area (Å²) in [6, 6.07) is 11.8. The van der Waals surface area contributed by atoms with Crippen LogP contribution in [0.3, 0.4) is 0 Å². The Hall–Kier alpha value is -2.89. The lowest BCUT2D eigenvalue weighted by Gasteiger charge is -2.13. The van der Waals surface area contributed by atoms with Crippen molar-refractivity contribution in [3.63, 3.8) is 0 Å². The molecule has 0 aliphatic heterocycles. The summed E-state index contributed by atoms with van der Waals surface area (Å²) in [5, 5.41) is 9.95. The standard InChI is InChI=1S/C15H15N5O/c1-2-21-11-8-7-9-5-3-4-6-10(9)12(11)13-14(16)18-15(17)20-19-13/h3-8H,2H2,1H3,(H4,16,17,18,20). The van der Waals surface area contributed by atoms with Crippen LogP contribution in [-0.4, -0.2) is 21.8 Å². The van der Waals surface area contributed by atoms with Crippen molar-refractivity contribution in [2.45, 2.75) is 6.92 Å². The summed E-state index contributed by atoms with van der Waals surface area (Å²) in [5.41, 5.74) is 12.7. The van der Waals surface area contributed by atoms with Gasteiger partial charge in [-0.15, -0.1) is 10.2 Å². The molecule has 1 aromatic heterocycles. The zero-order valence-corrected chi connectivity index (χ0v) is 11.6. The minimum atomic E-state index is 0.0504. The van der Waals surface area contributed by atoms with Gasteiger partial charge in [0.05, 0.1) is 12.2 Å². The van der Waals surface area contributed by atoms with E-state index in [0.717, 1.165) is 16.3 Å². The molecule has 6 heteroatoms. The van der Waals surface area contributed by atoms with Gasteiger partial charge in [-0.25, -0.2) is 0 Å². The number of aromatic nitrogens is 3. The summed E-state index contributed by atoms with van der Waals surface area (Å²) in [6.07, 6.45) is 0. The van der Waals surface area contributed by atoms with Crippen molar-refractivity contribution in [3.8, 4) is 17.0 Å². The second kappa shape index (κ2) is 5.24. The van der Waals surface area contributed by atoms with Crippen molar-refractivity contribution < 1.29 is 4.74 Å². The second-order valence-electron chi connectivity index (χ2n) is 4.50.